The number of aromatic nitrogens is 1. The van der Waals surface area contributed by atoms with Gasteiger partial charge in [-0.15, -0.1) is 5.11 Å². The molecule has 0 fully saturated rings. The van der Waals surface area contributed by atoms with Crippen LogP contribution in [0.5, 0.6) is 5.88 Å². The number of halogens is 1. The minimum atomic E-state index is -3.74. The van der Waals surface area contributed by atoms with Gasteiger partial charge in [0.2, 0.25) is 15.9 Å². The summed E-state index contributed by atoms with van der Waals surface area (Å²) in [6.07, 6.45) is 0. The smallest absolute Gasteiger partial charge is 0.238 e. The van der Waals surface area contributed by atoms with E-state index in [1.54, 1.807) is 0 Å². The third-order valence-corrected chi connectivity index (χ3v) is 4.75. The van der Waals surface area contributed by atoms with Crippen LogP contribution >= 0.6 is 22.6 Å². The van der Waals surface area contributed by atoms with Crippen molar-refractivity contribution in [1.29, 1.82) is 0 Å². The average Bonchev–Trinajstić information content (AvgIpc) is 2.79. The van der Waals surface area contributed by atoms with Gasteiger partial charge in [0.05, 0.1) is 16.1 Å². The number of rotatable bonds is 3. The molecule has 4 N–H and O–H groups in total. The van der Waals surface area contributed by atoms with Crippen LogP contribution in [-0.2, 0) is 10.0 Å². The summed E-state index contributed by atoms with van der Waals surface area (Å²) < 4.78 is 23.4. The second-order valence-electron chi connectivity index (χ2n) is 4.75. The number of nitrogens with zero attached hydrogens (tertiary/aromatic N) is 2. The number of fused-ring (bicyclic) bond motifs is 1. The van der Waals surface area contributed by atoms with Crippen molar-refractivity contribution in [3.63, 3.8) is 0 Å². The first-order valence-corrected chi connectivity index (χ1v) is 9.02. The van der Waals surface area contributed by atoms with Crippen LogP contribution < -0.4 is 5.14 Å². The van der Waals surface area contributed by atoms with Crippen LogP contribution in [0.4, 0.5) is 11.4 Å². The molecule has 0 bridgehead atoms. The predicted molar refractivity (Wildman–Crippen MR) is 96.8 cm³/mol. The maximum absolute atomic E-state index is 11.2. The zero-order chi connectivity index (χ0) is 16.6. The maximum Gasteiger partial charge on any atom is 0.238 e. The highest BCUT2D eigenvalue weighted by Crippen LogP contribution is 2.37. The van der Waals surface area contributed by atoms with E-state index in [0.29, 0.717) is 11.4 Å². The van der Waals surface area contributed by atoms with E-state index in [9.17, 15) is 13.5 Å². The number of benzene rings is 2. The Morgan fingerprint density at radius 1 is 1.13 bits per heavy atom. The molecule has 0 saturated heterocycles. The number of hydrogen-bond acceptors (Lipinski definition) is 5. The van der Waals surface area contributed by atoms with Crippen molar-refractivity contribution in [2.24, 2.45) is 15.4 Å². The van der Waals surface area contributed by atoms with Gasteiger partial charge in [0.1, 0.15) is 0 Å². The van der Waals surface area contributed by atoms with Crippen molar-refractivity contribution in [2.45, 2.75) is 4.90 Å². The van der Waals surface area contributed by atoms with Crippen molar-refractivity contribution in [2.75, 3.05) is 0 Å². The lowest BCUT2D eigenvalue weighted by molar-refractivity contribution is 0.459. The van der Waals surface area contributed by atoms with E-state index < -0.39 is 10.0 Å². The van der Waals surface area contributed by atoms with E-state index in [0.717, 1.165) is 14.5 Å². The highest BCUT2D eigenvalue weighted by molar-refractivity contribution is 14.1. The molecule has 1 heterocycles. The molecule has 0 radical (unpaired) electrons. The second-order valence-corrected chi connectivity index (χ2v) is 7.56. The SMILES string of the molecule is NS(=O)(=O)c1ccc(N=Nc2c(O)[nH]c3ccc(I)cc23)cc1.[HH]. The summed E-state index contributed by atoms with van der Waals surface area (Å²) in [5, 5.41) is 23.8. The molecule has 3 rings (SSSR count). The summed E-state index contributed by atoms with van der Waals surface area (Å²) in [7, 11) is -3.74. The molecule has 0 aliphatic rings. The third-order valence-electron chi connectivity index (χ3n) is 3.14. The number of primary sulfonamides is 1. The molecule has 0 spiro atoms. The fourth-order valence-corrected chi connectivity index (χ4v) is 3.05. The summed E-state index contributed by atoms with van der Waals surface area (Å²) in [6.45, 7) is 0. The van der Waals surface area contributed by atoms with Gasteiger partial charge in [-0.05, 0) is 65.1 Å². The highest BCUT2D eigenvalue weighted by Gasteiger charge is 2.11. The Morgan fingerprint density at radius 3 is 2.48 bits per heavy atom. The average molecular weight is 444 g/mol. The number of nitrogens with two attached hydrogens (primary N) is 1. The molecule has 0 aliphatic heterocycles. The molecule has 9 heteroatoms. The van der Waals surface area contributed by atoms with Crippen molar-refractivity contribution in [3.8, 4) is 5.88 Å². The lowest BCUT2D eigenvalue weighted by Crippen LogP contribution is -2.11. The summed E-state index contributed by atoms with van der Waals surface area (Å²) in [6, 6.07) is 11.3. The number of sulfonamides is 1. The second kappa shape index (κ2) is 5.91. The van der Waals surface area contributed by atoms with Crippen LogP contribution in [0.3, 0.4) is 0 Å². The number of hydrogen-bond donors (Lipinski definition) is 3. The summed E-state index contributed by atoms with van der Waals surface area (Å²) in [5.41, 5.74) is 1.52. The van der Waals surface area contributed by atoms with Gasteiger partial charge in [0, 0.05) is 10.4 Å². The molecule has 23 heavy (non-hydrogen) atoms. The lowest BCUT2D eigenvalue weighted by Gasteiger charge is -1.98. The van der Waals surface area contributed by atoms with Crippen molar-refractivity contribution < 1.29 is 15.0 Å². The standard InChI is InChI=1S/C14H11IN4O3S.H2/c15-8-1-6-12-11(7-8)13(14(20)17-12)19-18-9-2-4-10(5-3-9)23(16,21)22;/h1-7,17,20H,(H2,16,21,22);1H. The molecule has 0 saturated carbocycles. The first kappa shape index (κ1) is 15.9. The zero-order valence-electron chi connectivity index (χ0n) is 11.6. The first-order valence-electron chi connectivity index (χ1n) is 6.39. The Labute approximate surface area is 146 Å². The Bertz CT molecular complexity index is 1020. The normalized spacial score (nSPS) is 12.3. The molecular weight excluding hydrogens is 431 g/mol. The molecule has 7 nitrogen and oxygen atoms in total. The van der Waals surface area contributed by atoms with Gasteiger partial charge in [0.25, 0.3) is 0 Å². The molecule has 1 aromatic heterocycles. The van der Waals surface area contributed by atoms with Gasteiger partial charge in [-0.25, -0.2) is 13.6 Å². The van der Waals surface area contributed by atoms with E-state index in [-0.39, 0.29) is 12.2 Å². The number of aromatic amines is 1. The Kier molecular flexibility index (Phi) is 4.08. The fourth-order valence-electron chi connectivity index (χ4n) is 2.05. The summed E-state index contributed by atoms with van der Waals surface area (Å²) in [5.74, 6) is -0.0769. The monoisotopic (exact) mass is 444 g/mol. The van der Waals surface area contributed by atoms with Gasteiger partial charge in [-0.3, -0.25) is 0 Å². The van der Waals surface area contributed by atoms with Crippen LogP contribution in [0.2, 0.25) is 0 Å². The van der Waals surface area contributed by atoms with Gasteiger partial charge < -0.3 is 10.1 Å². The largest absolute Gasteiger partial charge is 0.493 e. The number of H-pyrrole nitrogens is 1. The number of aromatic hydroxyl groups is 1. The van der Waals surface area contributed by atoms with Crippen LogP contribution in [0.25, 0.3) is 10.9 Å². The number of nitrogens with one attached hydrogen (secondary N) is 1. The Morgan fingerprint density at radius 2 is 1.83 bits per heavy atom. The molecule has 0 amide bonds. The van der Waals surface area contributed by atoms with Gasteiger partial charge in [0.15, 0.2) is 5.69 Å². The molecular formula is C14H13IN4O3S. The molecule has 2 aromatic carbocycles. The van der Waals surface area contributed by atoms with Gasteiger partial charge >= 0.3 is 0 Å². The van der Waals surface area contributed by atoms with E-state index in [2.05, 4.69) is 37.8 Å². The van der Waals surface area contributed by atoms with E-state index in [1.165, 1.54) is 24.3 Å². The van der Waals surface area contributed by atoms with Gasteiger partial charge in [-0.1, -0.05) is 0 Å². The van der Waals surface area contributed by atoms with E-state index >= 15 is 0 Å². The van der Waals surface area contributed by atoms with Crippen LogP contribution in [0.15, 0.2) is 57.6 Å². The molecule has 120 valence electrons. The summed E-state index contributed by atoms with van der Waals surface area (Å²) >= 11 is 2.17. The topological polar surface area (TPSA) is 121 Å². The van der Waals surface area contributed by atoms with Crippen LogP contribution in [-0.4, -0.2) is 18.5 Å². The zero-order valence-corrected chi connectivity index (χ0v) is 14.5. The molecule has 3 aromatic rings. The minimum Gasteiger partial charge on any atom is -0.493 e. The first-order chi connectivity index (χ1) is 10.8. The Balaban J connectivity index is 0.00000208. The minimum absolute atomic E-state index is 0. The van der Waals surface area contributed by atoms with Crippen molar-refractivity contribution >= 4 is 54.9 Å². The molecule has 0 unspecified atom stereocenters. The van der Waals surface area contributed by atoms with E-state index in [1.807, 2.05) is 18.2 Å². The van der Waals surface area contributed by atoms with Crippen molar-refractivity contribution in [1.82, 2.24) is 4.98 Å². The molecule has 0 aliphatic carbocycles. The molecule has 0 atom stereocenters. The fraction of sp³-hybridized carbons (Fsp3) is 0. The van der Waals surface area contributed by atoms with E-state index in [4.69, 9.17) is 5.14 Å². The summed E-state index contributed by atoms with van der Waals surface area (Å²) in [4.78, 5) is 2.82. The highest BCUT2D eigenvalue weighted by atomic mass is 127. The predicted octanol–water partition coefficient (Wildman–Crippen LogP) is 3.79. The third kappa shape index (κ3) is 3.35. The quantitative estimate of drug-likeness (QED) is 0.421. The maximum atomic E-state index is 11.2. The number of azo groups is 1. The van der Waals surface area contributed by atoms with Crippen LogP contribution in [0.1, 0.15) is 1.43 Å². The van der Waals surface area contributed by atoms with Gasteiger partial charge in [-0.2, -0.15) is 5.11 Å². The lowest BCUT2D eigenvalue weighted by atomic mass is 10.2. The van der Waals surface area contributed by atoms with Crippen molar-refractivity contribution in [3.05, 3.63) is 46.0 Å². The van der Waals surface area contributed by atoms with Crippen LogP contribution in [0, 0.1) is 3.57 Å². The Hall–Kier alpha value is -1.98.